The van der Waals surface area contributed by atoms with E-state index >= 15 is 0 Å². The maximum absolute atomic E-state index is 6.06. The molecule has 4 nitrogen and oxygen atoms in total. The summed E-state index contributed by atoms with van der Waals surface area (Å²) in [5.74, 6) is 0.736. The second-order valence-corrected chi connectivity index (χ2v) is 6.95. The summed E-state index contributed by atoms with van der Waals surface area (Å²) in [5.41, 5.74) is 6.35. The smallest absolute Gasteiger partial charge is 0.0469 e. The van der Waals surface area contributed by atoms with Crippen LogP contribution in [-0.4, -0.2) is 67.3 Å². The van der Waals surface area contributed by atoms with Crippen LogP contribution in [0.15, 0.2) is 0 Å². The molecule has 2 aliphatic heterocycles. The molecule has 2 N–H and O–H groups in total. The summed E-state index contributed by atoms with van der Waals surface area (Å²) < 4.78 is 5.48. The molecular formula is C15H31N3O. The van der Waals surface area contributed by atoms with Crippen LogP contribution < -0.4 is 5.73 Å². The molecule has 0 aliphatic carbocycles. The standard InChI is InChI=1S/C15H31N3O/c1-15(2,3)18-8-6-17(7-9-18)14(12-16)13-4-10-19-11-5-13/h13-14H,4-12,16H2,1-3H3. The number of ether oxygens (including phenoxy) is 1. The maximum atomic E-state index is 6.06. The predicted octanol–water partition coefficient (Wildman–Crippen LogP) is 1.16. The van der Waals surface area contributed by atoms with Gasteiger partial charge in [-0.15, -0.1) is 0 Å². The van der Waals surface area contributed by atoms with E-state index in [4.69, 9.17) is 10.5 Å². The highest BCUT2D eigenvalue weighted by atomic mass is 16.5. The molecule has 1 unspecified atom stereocenters. The average molecular weight is 269 g/mol. The zero-order chi connectivity index (χ0) is 13.9. The van der Waals surface area contributed by atoms with Crippen LogP contribution in [0, 0.1) is 5.92 Å². The molecule has 0 spiro atoms. The van der Waals surface area contributed by atoms with Crippen molar-refractivity contribution in [1.29, 1.82) is 0 Å². The van der Waals surface area contributed by atoms with Crippen LogP contribution in [0.4, 0.5) is 0 Å². The molecule has 2 saturated heterocycles. The molecule has 0 radical (unpaired) electrons. The topological polar surface area (TPSA) is 41.7 Å². The van der Waals surface area contributed by atoms with E-state index in [2.05, 4.69) is 30.6 Å². The number of nitrogens with zero attached hydrogens (tertiary/aromatic N) is 2. The molecular weight excluding hydrogens is 238 g/mol. The van der Waals surface area contributed by atoms with Crippen molar-refractivity contribution in [3.8, 4) is 0 Å². The van der Waals surface area contributed by atoms with Crippen LogP contribution in [0.5, 0.6) is 0 Å². The van der Waals surface area contributed by atoms with Crippen molar-refractivity contribution < 1.29 is 4.74 Å². The van der Waals surface area contributed by atoms with E-state index in [1.165, 1.54) is 25.9 Å². The van der Waals surface area contributed by atoms with E-state index in [0.29, 0.717) is 11.6 Å². The van der Waals surface area contributed by atoms with Crippen molar-refractivity contribution in [2.75, 3.05) is 45.9 Å². The second kappa shape index (κ2) is 6.53. The van der Waals surface area contributed by atoms with Crippen molar-refractivity contribution >= 4 is 0 Å². The van der Waals surface area contributed by atoms with E-state index in [1.807, 2.05) is 0 Å². The van der Waals surface area contributed by atoms with Crippen LogP contribution in [0.3, 0.4) is 0 Å². The Morgan fingerprint density at radius 2 is 1.68 bits per heavy atom. The summed E-state index contributed by atoms with van der Waals surface area (Å²) in [5, 5.41) is 0. The average Bonchev–Trinajstić information content (AvgIpc) is 2.40. The first-order valence-corrected chi connectivity index (χ1v) is 7.79. The molecule has 19 heavy (non-hydrogen) atoms. The normalized spacial score (nSPS) is 26.5. The molecule has 0 bridgehead atoms. The Hall–Kier alpha value is -0.160. The molecule has 4 heteroatoms. The molecule has 112 valence electrons. The van der Waals surface area contributed by atoms with Crippen LogP contribution in [0.25, 0.3) is 0 Å². The monoisotopic (exact) mass is 269 g/mol. The van der Waals surface area contributed by atoms with E-state index < -0.39 is 0 Å². The van der Waals surface area contributed by atoms with Crippen LogP contribution in [-0.2, 0) is 4.74 Å². The minimum Gasteiger partial charge on any atom is -0.381 e. The molecule has 2 aliphatic rings. The molecule has 0 aromatic rings. The van der Waals surface area contributed by atoms with Gasteiger partial charge < -0.3 is 10.5 Å². The molecule has 2 fully saturated rings. The third-order valence-corrected chi connectivity index (χ3v) is 4.78. The van der Waals surface area contributed by atoms with Gasteiger partial charge in [0.2, 0.25) is 0 Å². The van der Waals surface area contributed by atoms with Crippen molar-refractivity contribution in [3.05, 3.63) is 0 Å². The number of piperazine rings is 1. The predicted molar refractivity (Wildman–Crippen MR) is 79.3 cm³/mol. The summed E-state index contributed by atoms with van der Waals surface area (Å²) >= 11 is 0. The molecule has 2 heterocycles. The van der Waals surface area contributed by atoms with Crippen molar-refractivity contribution in [2.45, 2.75) is 45.2 Å². The summed E-state index contributed by atoms with van der Waals surface area (Å²) in [6.07, 6.45) is 2.36. The molecule has 2 rings (SSSR count). The van der Waals surface area contributed by atoms with Gasteiger partial charge in [-0.1, -0.05) is 0 Å². The number of hydrogen-bond acceptors (Lipinski definition) is 4. The lowest BCUT2D eigenvalue weighted by atomic mass is 9.90. The quantitative estimate of drug-likeness (QED) is 0.835. The van der Waals surface area contributed by atoms with Gasteiger partial charge in [-0.3, -0.25) is 9.80 Å². The van der Waals surface area contributed by atoms with Gasteiger partial charge in [-0.2, -0.15) is 0 Å². The number of nitrogens with two attached hydrogens (primary N) is 1. The Kier molecular flexibility index (Phi) is 5.23. The van der Waals surface area contributed by atoms with Gasteiger partial charge in [0.15, 0.2) is 0 Å². The SMILES string of the molecule is CC(C)(C)N1CCN(C(CN)C2CCOCC2)CC1. The number of rotatable bonds is 3. The lowest BCUT2D eigenvalue weighted by molar-refractivity contribution is -0.00271. The van der Waals surface area contributed by atoms with Crippen LogP contribution >= 0.6 is 0 Å². The van der Waals surface area contributed by atoms with E-state index in [1.54, 1.807) is 0 Å². The minimum absolute atomic E-state index is 0.295. The highest BCUT2D eigenvalue weighted by Gasteiger charge is 2.32. The van der Waals surface area contributed by atoms with E-state index in [9.17, 15) is 0 Å². The summed E-state index contributed by atoms with van der Waals surface area (Å²) in [4.78, 5) is 5.21. The zero-order valence-corrected chi connectivity index (χ0v) is 12.9. The van der Waals surface area contributed by atoms with Gasteiger partial charge >= 0.3 is 0 Å². The maximum Gasteiger partial charge on any atom is 0.0469 e. The van der Waals surface area contributed by atoms with Crippen molar-refractivity contribution in [3.63, 3.8) is 0 Å². The number of hydrogen-bond donors (Lipinski definition) is 1. The lowest BCUT2D eigenvalue weighted by Gasteiger charge is -2.46. The summed E-state index contributed by atoms with van der Waals surface area (Å²) in [6, 6.07) is 0.561. The molecule has 0 saturated carbocycles. The lowest BCUT2D eigenvalue weighted by Crippen LogP contribution is -2.58. The Morgan fingerprint density at radius 3 is 2.16 bits per heavy atom. The first-order chi connectivity index (χ1) is 9.02. The largest absolute Gasteiger partial charge is 0.381 e. The highest BCUT2D eigenvalue weighted by molar-refractivity contribution is 4.88. The Bertz CT molecular complexity index is 263. The third-order valence-electron chi connectivity index (χ3n) is 4.78. The Balaban J connectivity index is 1.87. The van der Waals surface area contributed by atoms with Crippen molar-refractivity contribution in [1.82, 2.24) is 9.80 Å². The fraction of sp³-hybridized carbons (Fsp3) is 1.00. The van der Waals surface area contributed by atoms with Gasteiger partial charge in [-0.25, -0.2) is 0 Å². The van der Waals surface area contributed by atoms with Crippen LogP contribution in [0.2, 0.25) is 0 Å². The van der Waals surface area contributed by atoms with E-state index in [0.717, 1.165) is 38.8 Å². The molecule has 0 aromatic carbocycles. The van der Waals surface area contributed by atoms with Gasteiger partial charge in [-0.05, 0) is 39.5 Å². The second-order valence-electron chi connectivity index (χ2n) is 6.95. The first-order valence-electron chi connectivity index (χ1n) is 7.79. The van der Waals surface area contributed by atoms with Crippen molar-refractivity contribution in [2.24, 2.45) is 11.7 Å². The third kappa shape index (κ3) is 3.91. The Labute approximate surface area is 118 Å². The fourth-order valence-electron chi connectivity index (χ4n) is 3.46. The van der Waals surface area contributed by atoms with Gasteiger partial charge in [0.1, 0.15) is 0 Å². The molecule has 1 atom stereocenters. The Morgan fingerprint density at radius 1 is 1.11 bits per heavy atom. The van der Waals surface area contributed by atoms with E-state index in [-0.39, 0.29) is 0 Å². The summed E-state index contributed by atoms with van der Waals surface area (Å²) in [6.45, 7) is 14.2. The fourth-order valence-corrected chi connectivity index (χ4v) is 3.46. The van der Waals surface area contributed by atoms with Gasteiger partial charge in [0.05, 0.1) is 0 Å². The van der Waals surface area contributed by atoms with Gasteiger partial charge in [0.25, 0.3) is 0 Å². The first kappa shape index (κ1) is 15.2. The minimum atomic E-state index is 0.295. The summed E-state index contributed by atoms with van der Waals surface area (Å²) in [7, 11) is 0. The highest BCUT2D eigenvalue weighted by Crippen LogP contribution is 2.24. The molecule has 0 aromatic heterocycles. The molecule has 0 amide bonds. The van der Waals surface area contributed by atoms with Gasteiger partial charge in [0, 0.05) is 57.5 Å². The zero-order valence-electron chi connectivity index (χ0n) is 12.9. The van der Waals surface area contributed by atoms with Crippen LogP contribution in [0.1, 0.15) is 33.6 Å².